The first-order valence-corrected chi connectivity index (χ1v) is 5.55. The summed E-state index contributed by atoms with van der Waals surface area (Å²) in [6.45, 7) is 1.98. The first-order chi connectivity index (χ1) is 6.54. The maximum absolute atomic E-state index is 12.5. The standard InChI is InChI=1S/C7H11F3O4S/c1-3-5(11)6(4-2,7(8,9)10)15(12,13)14/h3-4H2,1-2H3,(H,12,13,14). The molecule has 0 bridgehead atoms. The van der Waals surface area contributed by atoms with E-state index in [1.54, 1.807) is 0 Å². The van der Waals surface area contributed by atoms with Crippen molar-refractivity contribution in [1.82, 2.24) is 0 Å². The van der Waals surface area contributed by atoms with Crippen molar-refractivity contribution in [2.45, 2.75) is 37.6 Å². The van der Waals surface area contributed by atoms with E-state index in [1.165, 1.54) is 0 Å². The summed E-state index contributed by atoms with van der Waals surface area (Å²) in [7, 11) is -5.52. The van der Waals surface area contributed by atoms with Crippen molar-refractivity contribution in [2.75, 3.05) is 0 Å². The van der Waals surface area contributed by atoms with Gasteiger partial charge in [-0.05, 0) is 6.42 Å². The van der Waals surface area contributed by atoms with Crippen molar-refractivity contribution in [3.63, 3.8) is 0 Å². The molecule has 15 heavy (non-hydrogen) atoms. The predicted molar refractivity (Wildman–Crippen MR) is 45.9 cm³/mol. The molecule has 0 fully saturated rings. The Labute approximate surface area is 85.2 Å². The third-order valence-electron chi connectivity index (χ3n) is 2.17. The molecule has 1 N–H and O–H groups in total. The molecule has 0 aromatic heterocycles. The number of hydrogen-bond acceptors (Lipinski definition) is 3. The maximum Gasteiger partial charge on any atom is 0.417 e. The molecule has 0 aliphatic heterocycles. The molecule has 0 aromatic rings. The topological polar surface area (TPSA) is 71.4 Å². The summed E-state index contributed by atoms with van der Waals surface area (Å²) in [6.07, 6.45) is -6.97. The molecule has 0 saturated carbocycles. The number of carbonyl (C=O) groups is 1. The van der Waals surface area contributed by atoms with Crippen molar-refractivity contribution in [1.29, 1.82) is 0 Å². The van der Waals surface area contributed by atoms with Gasteiger partial charge in [-0.25, -0.2) is 0 Å². The fourth-order valence-corrected chi connectivity index (χ4v) is 2.40. The van der Waals surface area contributed by atoms with Crippen LogP contribution in [0.25, 0.3) is 0 Å². The van der Waals surface area contributed by atoms with Crippen LogP contribution in [0.5, 0.6) is 0 Å². The number of carbonyl (C=O) groups excluding carboxylic acids is 1. The minimum atomic E-state index is -5.52. The lowest BCUT2D eigenvalue weighted by molar-refractivity contribution is -0.173. The Hall–Kier alpha value is -0.630. The van der Waals surface area contributed by atoms with Gasteiger partial charge in [0, 0.05) is 6.42 Å². The number of Topliss-reactive ketones (excluding diaryl/α,β-unsaturated/α-hetero) is 1. The Balaban J connectivity index is 5.88. The summed E-state index contributed by atoms with van der Waals surface area (Å²) in [5.74, 6) is -1.56. The third kappa shape index (κ3) is 2.15. The van der Waals surface area contributed by atoms with E-state index in [4.69, 9.17) is 4.55 Å². The zero-order valence-corrected chi connectivity index (χ0v) is 8.94. The van der Waals surface area contributed by atoms with Gasteiger partial charge in [-0.15, -0.1) is 0 Å². The lowest BCUT2D eigenvalue weighted by Crippen LogP contribution is -2.57. The van der Waals surface area contributed by atoms with Crippen LogP contribution in [-0.2, 0) is 14.9 Å². The normalized spacial score (nSPS) is 17.2. The van der Waals surface area contributed by atoms with Crippen molar-refractivity contribution < 1.29 is 30.9 Å². The van der Waals surface area contributed by atoms with Crippen LogP contribution in [0.3, 0.4) is 0 Å². The van der Waals surface area contributed by atoms with E-state index in [1.807, 2.05) is 0 Å². The molecular formula is C7H11F3O4S. The van der Waals surface area contributed by atoms with E-state index in [2.05, 4.69) is 0 Å². The first kappa shape index (κ1) is 14.4. The Morgan fingerprint density at radius 3 is 1.73 bits per heavy atom. The molecule has 8 heteroatoms. The van der Waals surface area contributed by atoms with Crippen molar-refractivity contribution in [3.05, 3.63) is 0 Å². The summed E-state index contributed by atoms with van der Waals surface area (Å²) in [5, 5.41) is 0. The lowest BCUT2D eigenvalue weighted by Gasteiger charge is -2.29. The summed E-state index contributed by atoms with van der Waals surface area (Å²) in [5.41, 5.74) is 0. The highest BCUT2D eigenvalue weighted by molar-refractivity contribution is 7.88. The van der Waals surface area contributed by atoms with Gasteiger partial charge in [0.2, 0.25) is 4.75 Å². The highest BCUT2D eigenvalue weighted by Crippen LogP contribution is 2.40. The van der Waals surface area contributed by atoms with Crippen LogP contribution in [0.4, 0.5) is 13.2 Å². The Morgan fingerprint density at radius 1 is 1.27 bits per heavy atom. The predicted octanol–water partition coefficient (Wildman–Crippen LogP) is 1.56. The fraction of sp³-hybridized carbons (Fsp3) is 0.857. The van der Waals surface area contributed by atoms with Crippen molar-refractivity contribution in [2.24, 2.45) is 0 Å². The van der Waals surface area contributed by atoms with Crippen LogP contribution in [0.1, 0.15) is 26.7 Å². The van der Waals surface area contributed by atoms with E-state index < -0.39 is 39.7 Å². The smallest absolute Gasteiger partial charge is 0.297 e. The van der Waals surface area contributed by atoms with Gasteiger partial charge in [-0.3, -0.25) is 9.35 Å². The molecule has 0 aromatic carbocycles. The summed E-state index contributed by atoms with van der Waals surface area (Å²) >= 11 is 0. The molecule has 1 unspecified atom stereocenters. The SMILES string of the molecule is CCC(=O)C(CC)(C(F)(F)F)S(=O)(=O)O. The minimum absolute atomic E-state index is 0.618. The molecule has 0 heterocycles. The first-order valence-electron chi connectivity index (χ1n) is 4.11. The average Bonchev–Trinajstić information content (AvgIpc) is 2.00. The van der Waals surface area contributed by atoms with E-state index >= 15 is 0 Å². The molecule has 0 aliphatic carbocycles. The monoisotopic (exact) mass is 248 g/mol. The maximum atomic E-state index is 12.5. The Kier molecular flexibility index (Phi) is 3.92. The van der Waals surface area contributed by atoms with Crippen LogP contribution >= 0.6 is 0 Å². The summed E-state index contributed by atoms with van der Waals surface area (Å²) in [4.78, 5) is 11.1. The van der Waals surface area contributed by atoms with Crippen LogP contribution in [0.15, 0.2) is 0 Å². The van der Waals surface area contributed by atoms with Gasteiger partial charge in [0.1, 0.15) is 0 Å². The Morgan fingerprint density at radius 2 is 1.67 bits per heavy atom. The van der Waals surface area contributed by atoms with E-state index in [-0.39, 0.29) is 0 Å². The average molecular weight is 248 g/mol. The molecule has 1 atom stereocenters. The number of alkyl halides is 3. The number of ketones is 1. The summed E-state index contributed by atoms with van der Waals surface area (Å²) < 4.78 is 64.0. The second-order valence-corrected chi connectivity index (χ2v) is 4.58. The highest BCUT2D eigenvalue weighted by Gasteiger charge is 2.66. The number of rotatable bonds is 4. The second-order valence-electron chi connectivity index (χ2n) is 2.93. The van der Waals surface area contributed by atoms with Crippen LogP contribution < -0.4 is 0 Å². The van der Waals surface area contributed by atoms with E-state index in [9.17, 15) is 26.4 Å². The zero-order valence-electron chi connectivity index (χ0n) is 8.13. The molecule has 4 nitrogen and oxygen atoms in total. The molecule has 0 saturated heterocycles. The van der Waals surface area contributed by atoms with Crippen LogP contribution in [0.2, 0.25) is 0 Å². The van der Waals surface area contributed by atoms with Crippen LogP contribution in [0, 0.1) is 0 Å². The molecular weight excluding hydrogens is 237 g/mol. The number of hydrogen-bond donors (Lipinski definition) is 1. The highest BCUT2D eigenvalue weighted by atomic mass is 32.2. The van der Waals surface area contributed by atoms with Crippen molar-refractivity contribution >= 4 is 15.9 Å². The lowest BCUT2D eigenvalue weighted by atomic mass is 9.97. The Bertz CT molecular complexity index is 346. The molecule has 90 valence electrons. The minimum Gasteiger partial charge on any atom is -0.297 e. The molecule has 0 rings (SSSR count). The summed E-state index contributed by atoms with van der Waals surface area (Å²) in [6, 6.07) is 0. The van der Waals surface area contributed by atoms with Gasteiger partial charge in [-0.1, -0.05) is 13.8 Å². The van der Waals surface area contributed by atoms with Crippen LogP contribution in [-0.4, -0.2) is 29.7 Å². The van der Waals surface area contributed by atoms with Gasteiger partial charge in [0.05, 0.1) is 0 Å². The van der Waals surface area contributed by atoms with Crippen molar-refractivity contribution in [3.8, 4) is 0 Å². The van der Waals surface area contributed by atoms with Gasteiger partial charge < -0.3 is 0 Å². The van der Waals surface area contributed by atoms with Gasteiger partial charge in [0.15, 0.2) is 5.78 Å². The fourth-order valence-electron chi connectivity index (χ4n) is 1.31. The molecule has 0 aliphatic rings. The molecule has 0 radical (unpaired) electrons. The largest absolute Gasteiger partial charge is 0.417 e. The zero-order chi connectivity index (χ0) is 12.5. The quantitative estimate of drug-likeness (QED) is 0.766. The van der Waals surface area contributed by atoms with Gasteiger partial charge in [-0.2, -0.15) is 21.6 Å². The number of halogens is 3. The van der Waals surface area contributed by atoms with Gasteiger partial charge in [0.25, 0.3) is 10.1 Å². The van der Waals surface area contributed by atoms with E-state index in [0.29, 0.717) is 0 Å². The van der Waals surface area contributed by atoms with E-state index in [0.717, 1.165) is 13.8 Å². The van der Waals surface area contributed by atoms with Gasteiger partial charge >= 0.3 is 6.18 Å². The second kappa shape index (κ2) is 4.09. The molecule has 0 spiro atoms. The third-order valence-corrected chi connectivity index (χ3v) is 3.80. The molecule has 0 amide bonds.